The van der Waals surface area contributed by atoms with Crippen LogP contribution < -0.4 is 10.6 Å². The molecule has 2 aromatic carbocycles. The summed E-state index contributed by atoms with van der Waals surface area (Å²) < 4.78 is 14.6. The summed E-state index contributed by atoms with van der Waals surface area (Å²) in [6.07, 6.45) is 1.48. The third kappa shape index (κ3) is 3.72. The molecule has 8 heteroatoms. The zero-order valence-corrected chi connectivity index (χ0v) is 12.9. The van der Waals surface area contributed by atoms with Crippen molar-refractivity contribution in [3.63, 3.8) is 0 Å². The number of benzene rings is 2. The first-order valence-electron chi connectivity index (χ1n) is 7.25. The molecule has 0 saturated carbocycles. The molecule has 0 aliphatic carbocycles. The van der Waals surface area contributed by atoms with Gasteiger partial charge in [0.25, 0.3) is 0 Å². The molecule has 0 bridgehead atoms. The van der Waals surface area contributed by atoms with E-state index in [0.29, 0.717) is 11.3 Å². The highest BCUT2D eigenvalue weighted by atomic mass is 19.1. The molecule has 7 nitrogen and oxygen atoms in total. The molecule has 3 aromatic rings. The number of nitrogens with zero attached hydrogens (tertiary/aromatic N) is 4. The molecule has 0 saturated heterocycles. The van der Waals surface area contributed by atoms with Gasteiger partial charge in [0, 0.05) is 12.2 Å². The summed E-state index contributed by atoms with van der Waals surface area (Å²) in [5.74, 6) is -0.334. The van der Waals surface area contributed by atoms with E-state index in [4.69, 9.17) is 0 Å². The van der Waals surface area contributed by atoms with Crippen LogP contribution in [0.3, 0.4) is 0 Å². The van der Waals surface area contributed by atoms with Crippen LogP contribution >= 0.6 is 0 Å². The molecule has 0 unspecified atom stereocenters. The summed E-state index contributed by atoms with van der Waals surface area (Å²) in [5, 5.41) is 16.5. The van der Waals surface area contributed by atoms with E-state index in [2.05, 4.69) is 26.2 Å². The minimum absolute atomic E-state index is 0.231. The Hall–Kier alpha value is -3.29. The van der Waals surface area contributed by atoms with Gasteiger partial charge in [0.05, 0.1) is 5.69 Å². The zero-order valence-electron chi connectivity index (χ0n) is 12.9. The number of hydrogen-bond donors (Lipinski definition) is 2. The van der Waals surface area contributed by atoms with E-state index in [1.165, 1.54) is 23.1 Å². The van der Waals surface area contributed by atoms with Crippen molar-refractivity contribution in [1.82, 2.24) is 25.5 Å². The minimum Gasteiger partial charge on any atom is -0.334 e. The Morgan fingerprint density at radius 1 is 1.25 bits per heavy atom. The molecule has 0 aliphatic rings. The number of urea groups is 1. The Morgan fingerprint density at radius 2 is 2.12 bits per heavy atom. The van der Waals surface area contributed by atoms with Gasteiger partial charge in [-0.05, 0) is 52.7 Å². The van der Waals surface area contributed by atoms with Gasteiger partial charge in [0.1, 0.15) is 12.1 Å². The second-order valence-corrected chi connectivity index (χ2v) is 5.19. The van der Waals surface area contributed by atoms with Crippen LogP contribution in [0.15, 0.2) is 48.8 Å². The van der Waals surface area contributed by atoms with Crippen LogP contribution in [-0.4, -0.2) is 26.2 Å². The maximum Gasteiger partial charge on any atom is 0.319 e. The number of carbonyl (C=O) groups is 1. The van der Waals surface area contributed by atoms with Crippen molar-refractivity contribution < 1.29 is 9.18 Å². The number of hydrogen-bond acceptors (Lipinski definition) is 4. The van der Waals surface area contributed by atoms with Crippen LogP contribution in [-0.2, 0) is 6.54 Å². The number of tetrazole rings is 1. The fourth-order valence-corrected chi connectivity index (χ4v) is 2.21. The number of halogens is 1. The van der Waals surface area contributed by atoms with E-state index in [0.717, 1.165) is 11.3 Å². The van der Waals surface area contributed by atoms with Gasteiger partial charge in [-0.1, -0.05) is 18.2 Å². The highest BCUT2D eigenvalue weighted by Crippen LogP contribution is 2.18. The smallest absolute Gasteiger partial charge is 0.319 e. The molecule has 3 rings (SSSR count). The standard InChI is InChI=1S/C16H15FN6O/c1-11-5-6-14(8-15(11)23-10-19-21-22-23)20-16(24)18-9-12-3-2-4-13(17)7-12/h2-8,10H,9H2,1H3,(H2,18,20,24). The number of rotatable bonds is 4. The lowest BCUT2D eigenvalue weighted by Crippen LogP contribution is -2.28. The van der Waals surface area contributed by atoms with Gasteiger partial charge < -0.3 is 10.6 Å². The topological polar surface area (TPSA) is 84.7 Å². The summed E-state index contributed by atoms with van der Waals surface area (Å²) in [4.78, 5) is 12.0. The number of aryl methyl sites for hydroxylation is 1. The van der Waals surface area contributed by atoms with Crippen LogP contribution in [0, 0.1) is 12.7 Å². The third-order valence-electron chi connectivity index (χ3n) is 3.40. The number of aromatic nitrogens is 4. The monoisotopic (exact) mass is 326 g/mol. The van der Waals surface area contributed by atoms with Gasteiger partial charge in [-0.15, -0.1) is 5.10 Å². The SMILES string of the molecule is Cc1ccc(NC(=O)NCc2cccc(F)c2)cc1-n1cnnn1. The average molecular weight is 326 g/mol. The second-order valence-electron chi connectivity index (χ2n) is 5.19. The summed E-state index contributed by atoms with van der Waals surface area (Å²) in [7, 11) is 0. The molecule has 0 spiro atoms. The van der Waals surface area contributed by atoms with E-state index in [-0.39, 0.29) is 18.4 Å². The number of amides is 2. The maximum atomic E-state index is 13.1. The van der Waals surface area contributed by atoms with E-state index in [1.54, 1.807) is 24.3 Å². The fraction of sp³-hybridized carbons (Fsp3) is 0.125. The molecule has 122 valence electrons. The lowest BCUT2D eigenvalue weighted by atomic mass is 10.2. The van der Waals surface area contributed by atoms with E-state index >= 15 is 0 Å². The van der Waals surface area contributed by atoms with Gasteiger partial charge in [-0.3, -0.25) is 0 Å². The molecule has 0 atom stereocenters. The second kappa shape index (κ2) is 6.86. The Labute approximate surface area is 137 Å². The normalized spacial score (nSPS) is 10.4. The van der Waals surface area contributed by atoms with Crippen LogP contribution in [0.5, 0.6) is 0 Å². The number of anilines is 1. The van der Waals surface area contributed by atoms with Gasteiger partial charge in [-0.25, -0.2) is 13.9 Å². The highest BCUT2D eigenvalue weighted by Gasteiger charge is 2.07. The lowest BCUT2D eigenvalue weighted by molar-refractivity contribution is 0.251. The summed E-state index contributed by atoms with van der Waals surface area (Å²) in [5.41, 5.74) is 3.02. The highest BCUT2D eigenvalue weighted by molar-refractivity contribution is 5.89. The minimum atomic E-state index is -0.384. The van der Waals surface area contributed by atoms with Crippen LogP contribution in [0.1, 0.15) is 11.1 Å². The van der Waals surface area contributed by atoms with Crippen molar-refractivity contribution in [2.75, 3.05) is 5.32 Å². The molecule has 1 heterocycles. The molecular weight excluding hydrogens is 311 g/mol. The summed E-state index contributed by atoms with van der Waals surface area (Å²) >= 11 is 0. The van der Waals surface area contributed by atoms with Crippen LogP contribution in [0.25, 0.3) is 5.69 Å². The molecule has 1 aromatic heterocycles. The molecule has 2 amide bonds. The first-order chi connectivity index (χ1) is 11.6. The van der Waals surface area contributed by atoms with Crippen LogP contribution in [0.4, 0.5) is 14.9 Å². The molecular formula is C16H15FN6O. The lowest BCUT2D eigenvalue weighted by Gasteiger charge is -2.10. The molecule has 24 heavy (non-hydrogen) atoms. The van der Waals surface area contributed by atoms with E-state index < -0.39 is 0 Å². The first-order valence-corrected chi connectivity index (χ1v) is 7.25. The van der Waals surface area contributed by atoms with E-state index in [1.807, 2.05) is 13.0 Å². The molecule has 0 radical (unpaired) electrons. The predicted molar refractivity (Wildman–Crippen MR) is 86.1 cm³/mol. The summed E-state index contributed by atoms with van der Waals surface area (Å²) in [6.45, 7) is 2.15. The summed E-state index contributed by atoms with van der Waals surface area (Å²) in [6, 6.07) is 11.1. The molecule has 2 N–H and O–H groups in total. The predicted octanol–water partition coefficient (Wildman–Crippen LogP) is 2.43. The van der Waals surface area contributed by atoms with Crippen molar-refractivity contribution in [3.8, 4) is 5.69 Å². The van der Waals surface area contributed by atoms with Gasteiger partial charge in [0.2, 0.25) is 0 Å². The van der Waals surface area contributed by atoms with Crippen molar-refractivity contribution in [3.05, 3.63) is 65.7 Å². The Kier molecular flexibility index (Phi) is 4.46. The van der Waals surface area contributed by atoms with Crippen molar-refractivity contribution >= 4 is 11.7 Å². The van der Waals surface area contributed by atoms with Crippen molar-refractivity contribution in [2.45, 2.75) is 13.5 Å². The number of carbonyl (C=O) groups excluding carboxylic acids is 1. The fourth-order valence-electron chi connectivity index (χ4n) is 2.21. The average Bonchev–Trinajstić information content (AvgIpc) is 3.09. The first kappa shape index (κ1) is 15.6. The largest absolute Gasteiger partial charge is 0.334 e. The van der Waals surface area contributed by atoms with Gasteiger partial charge in [-0.2, -0.15) is 0 Å². The van der Waals surface area contributed by atoms with Crippen molar-refractivity contribution in [2.24, 2.45) is 0 Å². The Morgan fingerprint density at radius 3 is 2.88 bits per heavy atom. The number of nitrogens with one attached hydrogen (secondary N) is 2. The van der Waals surface area contributed by atoms with Crippen LogP contribution in [0.2, 0.25) is 0 Å². The maximum absolute atomic E-state index is 13.1. The van der Waals surface area contributed by atoms with Gasteiger partial charge in [0.15, 0.2) is 0 Å². The van der Waals surface area contributed by atoms with E-state index in [9.17, 15) is 9.18 Å². The molecule has 0 fully saturated rings. The van der Waals surface area contributed by atoms with Gasteiger partial charge >= 0.3 is 6.03 Å². The zero-order chi connectivity index (χ0) is 16.9. The Balaban J connectivity index is 1.65. The quantitative estimate of drug-likeness (QED) is 0.771. The Bertz CT molecular complexity index is 850. The molecule has 0 aliphatic heterocycles. The third-order valence-corrected chi connectivity index (χ3v) is 3.40. The van der Waals surface area contributed by atoms with Crippen molar-refractivity contribution in [1.29, 1.82) is 0 Å².